The maximum Gasteiger partial charge on any atom is 0.304 e. The van der Waals surface area contributed by atoms with Crippen LogP contribution in [-0.2, 0) is 29.2 Å². The van der Waals surface area contributed by atoms with E-state index in [1.807, 2.05) is 0 Å². The molecule has 0 spiro atoms. The molecule has 1 aromatic carbocycles. The molecule has 1 unspecified atom stereocenters. The topological polar surface area (TPSA) is 111 Å². The lowest BCUT2D eigenvalue weighted by Crippen LogP contribution is -2.62. The minimum atomic E-state index is -4.19. The highest BCUT2D eigenvalue weighted by molar-refractivity contribution is 7.89. The minimum absolute atomic E-state index is 0.0618. The smallest absolute Gasteiger partial charge is 0.304 e. The van der Waals surface area contributed by atoms with Gasteiger partial charge >= 0.3 is 11.9 Å². The van der Waals surface area contributed by atoms with Crippen LogP contribution in [0.1, 0.15) is 19.8 Å². The predicted molar refractivity (Wildman–Crippen MR) is 94.9 cm³/mol. The number of ether oxygens (including phenoxy) is 2. The molecule has 27 heavy (non-hydrogen) atoms. The van der Waals surface area contributed by atoms with Gasteiger partial charge in [0.25, 0.3) is 5.72 Å². The van der Waals surface area contributed by atoms with Gasteiger partial charge in [-0.2, -0.15) is 0 Å². The molecule has 0 fully saturated rings. The van der Waals surface area contributed by atoms with E-state index in [0.717, 1.165) is 11.2 Å². The number of hydrogen-bond acceptors (Lipinski definition) is 7. The van der Waals surface area contributed by atoms with Crippen LogP contribution in [0.3, 0.4) is 0 Å². The van der Waals surface area contributed by atoms with Gasteiger partial charge in [-0.3, -0.25) is 14.4 Å². The van der Waals surface area contributed by atoms with Crippen LogP contribution in [0, 0.1) is 0 Å². The van der Waals surface area contributed by atoms with Crippen molar-refractivity contribution in [2.45, 2.75) is 30.4 Å². The van der Waals surface area contributed by atoms with Crippen LogP contribution >= 0.6 is 0 Å². The summed E-state index contributed by atoms with van der Waals surface area (Å²) in [4.78, 5) is 29.0. The summed E-state index contributed by atoms with van der Waals surface area (Å²) in [6.07, 6.45) is 3.60. The van der Waals surface area contributed by atoms with Crippen molar-refractivity contribution >= 4 is 21.9 Å². The van der Waals surface area contributed by atoms with Crippen molar-refractivity contribution in [2.75, 3.05) is 20.8 Å². The number of methoxy groups -OCH3 is 1. The van der Waals surface area contributed by atoms with E-state index in [4.69, 9.17) is 9.47 Å². The van der Waals surface area contributed by atoms with Crippen LogP contribution in [-0.4, -0.2) is 51.1 Å². The molecule has 1 atom stereocenters. The first-order chi connectivity index (χ1) is 12.8. The lowest BCUT2D eigenvalue weighted by molar-refractivity contribution is -0.187. The second-order valence-electron chi connectivity index (χ2n) is 5.74. The third kappa shape index (κ3) is 4.29. The van der Waals surface area contributed by atoms with Crippen molar-refractivity contribution in [3.05, 3.63) is 36.4 Å². The van der Waals surface area contributed by atoms with E-state index in [-0.39, 0.29) is 17.9 Å². The molecule has 1 N–H and O–H groups in total. The molecule has 10 heteroatoms. The number of nitrogens with one attached hydrogen (secondary N) is 1. The first kappa shape index (κ1) is 20.9. The Labute approximate surface area is 157 Å². The number of nitrogens with zero attached hydrogens (tertiary/aromatic N) is 1. The number of hydroxylamine groups is 1. The molecule has 1 aromatic rings. The Kier molecular flexibility index (Phi) is 6.58. The van der Waals surface area contributed by atoms with Crippen molar-refractivity contribution in [2.24, 2.45) is 0 Å². The summed E-state index contributed by atoms with van der Waals surface area (Å²) in [5, 5.41) is 0. The van der Waals surface area contributed by atoms with Crippen molar-refractivity contribution in [3.63, 3.8) is 0 Å². The largest absolute Gasteiger partial charge is 0.497 e. The Morgan fingerprint density at radius 3 is 2.37 bits per heavy atom. The SMILES string of the molecule is CONC(=O)C1(OC(C)=O)CCC=CCN1S(=O)(=O)c1ccc(OC)cc1. The van der Waals surface area contributed by atoms with Crippen LogP contribution in [0.2, 0.25) is 0 Å². The molecule has 0 bridgehead atoms. The minimum Gasteiger partial charge on any atom is -0.497 e. The zero-order valence-electron chi connectivity index (χ0n) is 15.3. The summed E-state index contributed by atoms with van der Waals surface area (Å²) >= 11 is 0. The van der Waals surface area contributed by atoms with Crippen molar-refractivity contribution < 1.29 is 32.3 Å². The van der Waals surface area contributed by atoms with Gasteiger partial charge in [0.1, 0.15) is 5.75 Å². The Hall–Kier alpha value is -2.43. The normalized spacial score (nSPS) is 20.6. The number of carbonyl (C=O) groups excluding carboxylic acids is 2. The maximum atomic E-state index is 13.3. The predicted octanol–water partition coefficient (Wildman–Crippen LogP) is 0.973. The Morgan fingerprint density at radius 1 is 1.15 bits per heavy atom. The summed E-state index contributed by atoms with van der Waals surface area (Å²) in [6.45, 7) is 0.955. The Morgan fingerprint density at radius 2 is 1.81 bits per heavy atom. The van der Waals surface area contributed by atoms with E-state index in [1.54, 1.807) is 12.2 Å². The summed E-state index contributed by atoms with van der Waals surface area (Å²) < 4.78 is 37.8. The number of carbonyl (C=O) groups is 2. The second-order valence-corrected chi connectivity index (χ2v) is 7.60. The highest BCUT2D eigenvalue weighted by atomic mass is 32.2. The fourth-order valence-corrected chi connectivity index (χ4v) is 4.41. The molecule has 1 aliphatic rings. The van der Waals surface area contributed by atoms with E-state index in [9.17, 15) is 18.0 Å². The van der Waals surface area contributed by atoms with Crippen LogP contribution in [0.4, 0.5) is 0 Å². The molecule has 1 amide bonds. The van der Waals surface area contributed by atoms with Gasteiger partial charge in [0.05, 0.1) is 19.1 Å². The molecule has 1 heterocycles. The molecule has 0 radical (unpaired) electrons. The number of amides is 1. The zero-order valence-corrected chi connectivity index (χ0v) is 16.1. The summed E-state index contributed by atoms with van der Waals surface area (Å²) in [6, 6.07) is 5.69. The van der Waals surface area contributed by atoms with Gasteiger partial charge < -0.3 is 9.47 Å². The van der Waals surface area contributed by atoms with E-state index in [1.165, 1.54) is 38.5 Å². The quantitative estimate of drug-likeness (QED) is 0.432. The summed E-state index contributed by atoms with van der Waals surface area (Å²) in [7, 11) is -1.53. The molecular formula is C17H22N2O7S. The van der Waals surface area contributed by atoms with Crippen LogP contribution in [0.15, 0.2) is 41.3 Å². The molecule has 0 aromatic heterocycles. The van der Waals surface area contributed by atoms with E-state index in [0.29, 0.717) is 12.2 Å². The standard InChI is InChI=1S/C17H22N2O7S/c1-13(20)26-17(16(21)18-25-3)11-5-4-6-12-19(17)27(22,23)15-9-7-14(24-2)8-10-15/h4,6-10H,5,11-12H2,1-3H3,(H,18,21). The molecular weight excluding hydrogens is 376 g/mol. The highest BCUT2D eigenvalue weighted by Gasteiger charge is 2.53. The fourth-order valence-electron chi connectivity index (χ4n) is 2.79. The molecule has 0 saturated heterocycles. The van der Waals surface area contributed by atoms with E-state index in [2.05, 4.69) is 10.3 Å². The second kappa shape index (κ2) is 8.51. The number of rotatable bonds is 6. The summed E-state index contributed by atoms with van der Waals surface area (Å²) in [5.74, 6) is -1.20. The zero-order chi connectivity index (χ0) is 20.1. The first-order valence-corrected chi connectivity index (χ1v) is 9.57. The lowest BCUT2D eigenvalue weighted by Gasteiger charge is -2.38. The van der Waals surface area contributed by atoms with Crippen LogP contribution in [0.25, 0.3) is 0 Å². The van der Waals surface area contributed by atoms with Crippen molar-refractivity contribution in [3.8, 4) is 5.75 Å². The number of benzene rings is 1. The first-order valence-electron chi connectivity index (χ1n) is 8.13. The number of hydrogen-bond donors (Lipinski definition) is 1. The fraction of sp³-hybridized carbons (Fsp3) is 0.412. The van der Waals surface area contributed by atoms with Gasteiger partial charge in [-0.25, -0.2) is 13.9 Å². The third-order valence-corrected chi connectivity index (χ3v) is 5.89. The average molecular weight is 398 g/mol. The highest BCUT2D eigenvalue weighted by Crippen LogP contribution is 2.33. The molecule has 0 saturated carbocycles. The Bertz CT molecular complexity index is 820. The lowest BCUT2D eigenvalue weighted by atomic mass is 10.1. The van der Waals surface area contributed by atoms with Gasteiger partial charge in [-0.1, -0.05) is 12.2 Å². The monoisotopic (exact) mass is 398 g/mol. The number of esters is 1. The third-order valence-electron chi connectivity index (χ3n) is 4.00. The number of allylic oxidation sites excluding steroid dienone is 1. The van der Waals surface area contributed by atoms with E-state index < -0.39 is 27.6 Å². The van der Waals surface area contributed by atoms with Crippen LogP contribution < -0.4 is 10.2 Å². The summed E-state index contributed by atoms with van der Waals surface area (Å²) in [5.41, 5.74) is 0.0117. The van der Waals surface area contributed by atoms with Gasteiger partial charge in [-0.05, 0) is 30.7 Å². The van der Waals surface area contributed by atoms with Crippen molar-refractivity contribution in [1.29, 1.82) is 0 Å². The van der Waals surface area contributed by atoms with E-state index >= 15 is 0 Å². The maximum absolute atomic E-state index is 13.3. The van der Waals surface area contributed by atoms with Gasteiger partial charge in [0.15, 0.2) is 0 Å². The molecule has 9 nitrogen and oxygen atoms in total. The van der Waals surface area contributed by atoms with Crippen LogP contribution in [0.5, 0.6) is 5.75 Å². The number of sulfonamides is 1. The Balaban J connectivity index is 2.58. The average Bonchev–Trinajstić information content (AvgIpc) is 2.85. The molecule has 2 rings (SSSR count). The van der Waals surface area contributed by atoms with Gasteiger partial charge in [-0.15, -0.1) is 4.31 Å². The molecule has 148 valence electrons. The molecule has 1 aliphatic heterocycles. The van der Waals surface area contributed by atoms with Gasteiger partial charge in [0, 0.05) is 19.9 Å². The van der Waals surface area contributed by atoms with Gasteiger partial charge in [0.2, 0.25) is 10.0 Å². The molecule has 0 aliphatic carbocycles. The van der Waals surface area contributed by atoms with Crippen molar-refractivity contribution in [1.82, 2.24) is 9.79 Å².